The van der Waals surface area contributed by atoms with Gasteiger partial charge in [0.15, 0.2) is 0 Å². The van der Waals surface area contributed by atoms with Crippen LogP contribution < -0.4 is 21.3 Å². The zero-order valence-corrected chi connectivity index (χ0v) is 30.9. The lowest BCUT2D eigenvalue weighted by atomic mass is 9.33. The van der Waals surface area contributed by atoms with Gasteiger partial charge in [-0.2, -0.15) is 0 Å². The summed E-state index contributed by atoms with van der Waals surface area (Å²) in [4.78, 5) is 2.46. The molecule has 0 amide bonds. The molecule has 0 spiro atoms. The van der Waals surface area contributed by atoms with E-state index in [2.05, 4.69) is 189 Å². The Morgan fingerprint density at radius 3 is 1.31 bits per heavy atom. The summed E-state index contributed by atoms with van der Waals surface area (Å²) in [7, 11) is 0. The second-order valence-corrected chi connectivity index (χ2v) is 15.1. The minimum absolute atomic E-state index is 0.0550. The van der Waals surface area contributed by atoms with Gasteiger partial charge in [-0.1, -0.05) is 125 Å². The van der Waals surface area contributed by atoms with Crippen LogP contribution in [0.4, 0.5) is 17.1 Å². The largest absolute Gasteiger partial charge is 0.456 e. The SMILES string of the molecule is Cc1cc(C)c(B2c3cc4oc5ccc(-c6ccccc6)cc5c4cc3N(c3ccccc3)c3cc4c(cc32)oc2ccc(-c3ccccc3)cc24)c(C)c1. The lowest BCUT2D eigenvalue weighted by molar-refractivity contribution is 0.669. The third-order valence-electron chi connectivity index (χ3n) is 11.6. The first-order valence-corrected chi connectivity index (χ1v) is 19.0. The molecule has 0 N–H and O–H groups in total. The van der Waals surface area contributed by atoms with Crippen LogP contribution in [0.25, 0.3) is 66.1 Å². The Hall–Kier alpha value is -6.78. The van der Waals surface area contributed by atoms with Gasteiger partial charge < -0.3 is 13.7 Å². The number of para-hydroxylation sites is 1. The van der Waals surface area contributed by atoms with E-state index in [1.54, 1.807) is 0 Å². The molecule has 0 fully saturated rings. The predicted octanol–water partition coefficient (Wildman–Crippen LogP) is 12.0. The zero-order chi connectivity index (χ0) is 36.8. The van der Waals surface area contributed by atoms with E-state index in [1.165, 1.54) is 55.3 Å². The van der Waals surface area contributed by atoms with Gasteiger partial charge in [-0.25, -0.2) is 0 Å². The van der Waals surface area contributed by atoms with Gasteiger partial charge in [-0.05, 0) is 115 Å². The molecule has 0 atom stereocenters. The summed E-state index contributed by atoms with van der Waals surface area (Å²) < 4.78 is 13.4. The molecule has 0 unspecified atom stereocenters. The number of hydrogen-bond donors (Lipinski definition) is 0. The molecule has 0 bridgehead atoms. The molecule has 0 saturated carbocycles. The van der Waals surface area contributed by atoms with E-state index in [9.17, 15) is 0 Å². The summed E-state index contributed by atoms with van der Waals surface area (Å²) in [6.07, 6.45) is 0. The van der Waals surface area contributed by atoms with E-state index in [0.29, 0.717) is 0 Å². The predicted molar refractivity (Wildman–Crippen MR) is 232 cm³/mol. The van der Waals surface area contributed by atoms with Gasteiger partial charge >= 0.3 is 0 Å². The van der Waals surface area contributed by atoms with Gasteiger partial charge in [0.05, 0.1) is 0 Å². The van der Waals surface area contributed by atoms with Crippen molar-refractivity contribution < 1.29 is 8.83 Å². The Bertz CT molecular complexity index is 2940. The van der Waals surface area contributed by atoms with Crippen molar-refractivity contribution in [2.75, 3.05) is 4.90 Å². The fraction of sp³-hybridized carbons (Fsp3) is 0.0588. The second kappa shape index (κ2) is 12.1. The highest BCUT2D eigenvalue weighted by molar-refractivity contribution is 6.98. The maximum atomic E-state index is 6.72. The van der Waals surface area contributed by atoms with E-state index in [0.717, 1.165) is 60.9 Å². The first-order valence-electron chi connectivity index (χ1n) is 19.0. The van der Waals surface area contributed by atoms with Gasteiger partial charge in [-0.3, -0.25) is 0 Å². The zero-order valence-electron chi connectivity index (χ0n) is 30.9. The summed E-state index contributed by atoms with van der Waals surface area (Å²) in [5.41, 5.74) is 19.3. The highest BCUT2D eigenvalue weighted by atomic mass is 16.3. The van der Waals surface area contributed by atoms with Crippen LogP contribution in [0.2, 0.25) is 0 Å². The van der Waals surface area contributed by atoms with Crippen LogP contribution in [-0.2, 0) is 0 Å². The molecule has 260 valence electrons. The van der Waals surface area contributed by atoms with E-state index in [4.69, 9.17) is 8.83 Å². The highest BCUT2D eigenvalue weighted by Crippen LogP contribution is 2.43. The summed E-state index contributed by atoms with van der Waals surface area (Å²) in [6, 6.07) is 59.1. The van der Waals surface area contributed by atoms with Crippen molar-refractivity contribution in [3.63, 3.8) is 0 Å². The fourth-order valence-corrected chi connectivity index (χ4v) is 9.23. The smallest absolute Gasteiger partial charge is 0.247 e. The Morgan fingerprint density at radius 1 is 0.400 bits per heavy atom. The van der Waals surface area contributed by atoms with Crippen LogP contribution in [0.3, 0.4) is 0 Å². The van der Waals surface area contributed by atoms with Crippen molar-refractivity contribution in [1.82, 2.24) is 0 Å². The average Bonchev–Trinajstić information content (AvgIpc) is 3.76. The molecule has 1 aliphatic rings. The molecular weight excluding hydrogens is 669 g/mol. The molecule has 3 heterocycles. The quantitative estimate of drug-likeness (QED) is 0.171. The summed E-state index contributed by atoms with van der Waals surface area (Å²) >= 11 is 0. The van der Waals surface area contributed by atoms with Gasteiger partial charge in [0.1, 0.15) is 22.3 Å². The van der Waals surface area contributed by atoms with Gasteiger partial charge in [0.25, 0.3) is 0 Å². The Balaban J connectivity index is 1.23. The van der Waals surface area contributed by atoms with Gasteiger partial charge in [-0.15, -0.1) is 0 Å². The van der Waals surface area contributed by atoms with Crippen molar-refractivity contribution in [2.24, 2.45) is 0 Å². The van der Waals surface area contributed by atoms with Crippen LogP contribution in [0.5, 0.6) is 0 Å². The van der Waals surface area contributed by atoms with Crippen molar-refractivity contribution in [3.8, 4) is 22.3 Å². The van der Waals surface area contributed by atoms with Gasteiger partial charge in [0.2, 0.25) is 6.71 Å². The summed E-state index contributed by atoms with van der Waals surface area (Å²) in [5, 5.41) is 4.44. The van der Waals surface area contributed by atoms with E-state index in [1.807, 2.05) is 0 Å². The number of anilines is 3. The number of hydrogen-bond acceptors (Lipinski definition) is 3. The van der Waals surface area contributed by atoms with Crippen LogP contribution >= 0.6 is 0 Å². The van der Waals surface area contributed by atoms with Crippen LogP contribution in [0.1, 0.15) is 16.7 Å². The lowest BCUT2D eigenvalue weighted by Gasteiger charge is -2.38. The van der Waals surface area contributed by atoms with Crippen LogP contribution in [0.15, 0.2) is 173 Å². The number of benzene rings is 8. The molecule has 10 aromatic rings. The molecule has 0 aliphatic carbocycles. The molecule has 11 rings (SSSR count). The number of furan rings is 2. The van der Waals surface area contributed by atoms with Crippen LogP contribution in [0, 0.1) is 20.8 Å². The topological polar surface area (TPSA) is 29.5 Å². The number of rotatable bonds is 4. The highest BCUT2D eigenvalue weighted by Gasteiger charge is 2.38. The number of fused-ring (bicyclic) bond motifs is 8. The van der Waals surface area contributed by atoms with E-state index >= 15 is 0 Å². The number of nitrogens with zero attached hydrogens (tertiary/aromatic N) is 1. The van der Waals surface area contributed by atoms with Crippen molar-refractivity contribution >= 4 is 84.0 Å². The third kappa shape index (κ3) is 4.98. The Labute approximate surface area is 320 Å². The minimum atomic E-state index is -0.0550. The maximum Gasteiger partial charge on any atom is 0.247 e. The fourth-order valence-electron chi connectivity index (χ4n) is 9.23. The van der Waals surface area contributed by atoms with E-state index in [-0.39, 0.29) is 6.71 Å². The molecule has 55 heavy (non-hydrogen) atoms. The first kappa shape index (κ1) is 31.7. The monoisotopic (exact) mass is 705 g/mol. The van der Waals surface area contributed by atoms with E-state index < -0.39 is 0 Å². The summed E-state index contributed by atoms with van der Waals surface area (Å²) in [6.45, 7) is 6.65. The molecule has 2 aromatic heterocycles. The molecule has 3 nitrogen and oxygen atoms in total. The van der Waals surface area contributed by atoms with Gasteiger partial charge in [0, 0.05) is 38.6 Å². The van der Waals surface area contributed by atoms with Crippen molar-refractivity contribution in [2.45, 2.75) is 20.8 Å². The van der Waals surface area contributed by atoms with Crippen LogP contribution in [-0.4, -0.2) is 6.71 Å². The molecule has 4 heteroatoms. The molecule has 0 saturated heterocycles. The number of aryl methyl sites for hydroxylation is 3. The average molecular weight is 706 g/mol. The third-order valence-corrected chi connectivity index (χ3v) is 11.6. The first-order chi connectivity index (χ1) is 27.0. The minimum Gasteiger partial charge on any atom is -0.456 e. The Morgan fingerprint density at radius 2 is 0.836 bits per heavy atom. The Kier molecular flexibility index (Phi) is 6.99. The lowest BCUT2D eigenvalue weighted by Crippen LogP contribution is -2.58. The van der Waals surface area contributed by atoms with Crippen molar-refractivity contribution in [3.05, 3.63) is 180 Å². The molecule has 1 aliphatic heterocycles. The standard InChI is InChI=1S/C51H36BNO2/c1-31-23-32(2)51(33(3)24-31)52-43-29-49-41(39-25-36(19-21-47(39)54-49)34-13-7-4-8-14-34)27-45(43)53(38-17-11-6-12-18-38)46-28-42-40-26-37(35-15-9-5-10-16-35)20-22-48(40)55-50(42)30-44(46)52/h4-30H,1-3H3. The molecule has 8 aromatic carbocycles. The molecule has 0 radical (unpaired) electrons. The summed E-state index contributed by atoms with van der Waals surface area (Å²) in [5.74, 6) is 0. The normalized spacial score (nSPS) is 12.6. The van der Waals surface area contributed by atoms with Crippen molar-refractivity contribution in [1.29, 1.82) is 0 Å². The molecular formula is C51H36BNO2. The second-order valence-electron chi connectivity index (χ2n) is 15.1. The maximum absolute atomic E-state index is 6.72.